The molecule has 1 fully saturated rings. The summed E-state index contributed by atoms with van der Waals surface area (Å²) >= 11 is 0. The number of amides is 1. The Hall–Kier alpha value is -1.75. The Morgan fingerprint density at radius 1 is 1.27 bits per heavy atom. The van der Waals surface area contributed by atoms with Gasteiger partial charge in [-0.25, -0.2) is 0 Å². The summed E-state index contributed by atoms with van der Waals surface area (Å²) in [6.07, 6.45) is 2.79. The molecule has 122 valence electrons. The molecule has 1 amide bonds. The van der Waals surface area contributed by atoms with E-state index in [1.54, 1.807) is 0 Å². The fraction of sp³-hybridized carbons (Fsp3) is 0.588. The summed E-state index contributed by atoms with van der Waals surface area (Å²) in [5.74, 6) is 1.64. The maximum atomic E-state index is 11.9. The van der Waals surface area contributed by atoms with E-state index in [4.69, 9.17) is 9.47 Å². The van der Waals surface area contributed by atoms with Crippen molar-refractivity contribution in [2.75, 3.05) is 26.3 Å². The van der Waals surface area contributed by atoms with Crippen molar-refractivity contribution in [2.24, 2.45) is 0 Å². The van der Waals surface area contributed by atoms with Gasteiger partial charge in [-0.05, 0) is 57.4 Å². The Morgan fingerprint density at radius 3 is 2.73 bits per heavy atom. The molecule has 1 aromatic carbocycles. The fourth-order valence-corrected chi connectivity index (χ4v) is 2.61. The van der Waals surface area contributed by atoms with E-state index in [2.05, 4.69) is 10.6 Å². The molecule has 5 nitrogen and oxygen atoms in total. The highest BCUT2D eigenvalue weighted by atomic mass is 16.5. The van der Waals surface area contributed by atoms with Crippen molar-refractivity contribution in [2.45, 2.75) is 39.2 Å². The maximum absolute atomic E-state index is 11.9. The second kappa shape index (κ2) is 8.63. The summed E-state index contributed by atoms with van der Waals surface area (Å²) in [4.78, 5) is 11.9. The minimum absolute atomic E-state index is 0.0145. The number of nitrogens with one attached hydrogen (secondary N) is 2. The van der Waals surface area contributed by atoms with E-state index < -0.39 is 0 Å². The van der Waals surface area contributed by atoms with Gasteiger partial charge in [0.05, 0.1) is 19.3 Å². The van der Waals surface area contributed by atoms with Gasteiger partial charge in [-0.15, -0.1) is 0 Å². The van der Waals surface area contributed by atoms with Crippen LogP contribution < -0.4 is 20.1 Å². The van der Waals surface area contributed by atoms with Gasteiger partial charge in [0.1, 0.15) is 0 Å². The zero-order valence-electron chi connectivity index (χ0n) is 13.5. The molecule has 0 radical (unpaired) electrons. The van der Waals surface area contributed by atoms with Crippen molar-refractivity contribution >= 4 is 5.91 Å². The lowest BCUT2D eigenvalue weighted by Crippen LogP contribution is -2.41. The summed E-state index contributed by atoms with van der Waals surface area (Å²) in [5.41, 5.74) is 1.13. The Balaban J connectivity index is 1.86. The minimum atomic E-state index is -0.0145. The number of benzene rings is 1. The highest BCUT2D eigenvalue weighted by Crippen LogP contribution is 2.28. The van der Waals surface area contributed by atoms with Crippen LogP contribution >= 0.6 is 0 Å². The molecule has 5 heteroatoms. The van der Waals surface area contributed by atoms with Crippen LogP contribution in [0.1, 0.15) is 32.3 Å². The van der Waals surface area contributed by atoms with Gasteiger partial charge >= 0.3 is 0 Å². The summed E-state index contributed by atoms with van der Waals surface area (Å²) in [6.45, 7) is 6.70. The van der Waals surface area contributed by atoms with Crippen molar-refractivity contribution in [3.8, 4) is 11.5 Å². The Kier molecular flexibility index (Phi) is 6.52. The number of carbonyl (C=O) groups is 1. The van der Waals surface area contributed by atoms with E-state index in [9.17, 15) is 4.79 Å². The smallest absolute Gasteiger partial charge is 0.237 e. The van der Waals surface area contributed by atoms with Gasteiger partial charge in [0.25, 0.3) is 0 Å². The minimum Gasteiger partial charge on any atom is -0.490 e. The van der Waals surface area contributed by atoms with Crippen LogP contribution in [0.3, 0.4) is 0 Å². The number of hydrogen-bond donors (Lipinski definition) is 2. The highest BCUT2D eigenvalue weighted by Gasteiger charge is 2.21. The van der Waals surface area contributed by atoms with Gasteiger partial charge in [-0.3, -0.25) is 4.79 Å². The van der Waals surface area contributed by atoms with Crippen LogP contribution in [0.2, 0.25) is 0 Å². The van der Waals surface area contributed by atoms with Crippen molar-refractivity contribution in [3.05, 3.63) is 23.8 Å². The second-order valence-corrected chi connectivity index (χ2v) is 5.34. The quantitative estimate of drug-likeness (QED) is 0.770. The first-order chi connectivity index (χ1) is 10.7. The van der Waals surface area contributed by atoms with E-state index in [-0.39, 0.29) is 11.9 Å². The first-order valence-electron chi connectivity index (χ1n) is 8.14. The lowest BCUT2D eigenvalue weighted by molar-refractivity contribution is -0.122. The molecule has 0 aliphatic carbocycles. The molecule has 0 saturated carbocycles. The van der Waals surface area contributed by atoms with Gasteiger partial charge in [0.2, 0.25) is 5.91 Å². The van der Waals surface area contributed by atoms with Gasteiger partial charge in [-0.2, -0.15) is 0 Å². The standard InChI is InChI=1S/C17H26N2O3/c1-3-21-15-8-7-13(12-16(15)22-4-2)9-11-19-17(20)14-6-5-10-18-14/h7-8,12,14,18H,3-6,9-11H2,1-2H3,(H,19,20)/t14-/m0/s1. The average Bonchev–Trinajstić information content (AvgIpc) is 3.04. The van der Waals surface area contributed by atoms with E-state index in [0.717, 1.165) is 42.9 Å². The van der Waals surface area contributed by atoms with E-state index in [0.29, 0.717) is 19.8 Å². The average molecular weight is 306 g/mol. The van der Waals surface area contributed by atoms with E-state index in [1.807, 2.05) is 32.0 Å². The molecule has 2 rings (SSSR count). The second-order valence-electron chi connectivity index (χ2n) is 5.34. The molecule has 0 bridgehead atoms. The summed E-state index contributed by atoms with van der Waals surface area (Å²) in [7, 11) is 0. The van der Waals surface area contributed by atoms with Crippen molar-refractivity contribution in [1.82, 2.24) is 10.6 Å². The van der Waals surface area contributed by atoms with Crippen LogP contribution in [-0.2, 0) is 11.2 Å². The molecule has 1 aromatic rings. The van der Waals surface area contributed by atoms with Gasteiger partial charge in [0.15, 0.2) is 11.5 Å². The molecule has 1 heterocycles. The van der Waals surface area contributed by atoms with Crippen LogP contribution in [0.15, 0.2) is 18.2 Å². The monoisotopic (exact) mass is 306 g/mol. The number of hydrogen-bond acceptors (Lipinski definition) is 4. The molecule has 22 heavy (non-hydrogen) atoms. The van der Waals surface area contributed by atoms with Crippen LogP contribution in [0.25, 0.3) is 0 Å². The van der Waals surface area contributed by atoms with Gasteiger partial charge < -0.3 is 20.1 Å². The Bertz CT molecular complexity index is 485. The SMILES string of the molecule is CCOc1ccc(CCNC(=O)[C@@H]2CCCN2)cc1OCC. The molecule has 0 aromatic heterocycles. The zero-order valence-corrected chi connectivity index (χ0v) is 13.5. The molecule has 1 atom stereocenters. The fourth-order valence-electron chi connectivity index (χ4n) is 2.61. The molecule has 2 N–H and O–H groups in total. The van der Waals surface area contributed by atoms with Crippen LogP contribution in [-0.4, -0.2) is 38.3 Å². The maximum Gasteiger partial charge on any atom is 0.237 e. The number of rotatable bonds is 8. The van der Waals surface area contributed by atoms with Gasteiger partial charge in [0, 0.05) is 6.54 Å². The number of carbonyl (C=O) groups excluding carboxylic acids is 1. The lowest BCUT2D eigenvalue weighted by Gasteiger charge is -2.13. The Labute approximate surface area is 132 Å². The van der Waals surface area contributed by atoms with Crippen molar-refractivity contribution < 1.29 is 14.3 Å². The molecule has 0 spiro atoms. The first-order valence-corrected chi connectivity index (χ1v) is 8.14. The summed E-state index contributed by atoms with van der Waals surface area (Å²) in [5, 5.41) is 6.19. The van der Waals surface area contributed by atoms with Crippen molar-refractivity contribution in [3.63, 3.8) is 0 Å². The van der Waals surface area contributed by atoms with E-state index >= 15 is 0 Å². The third kappa shape index (κ3) is 4.63. The predicted molar refractivity (Wildman–Crippen MR) is 86.5 cm³/mol. The molecule has 0 unspecified atom stereocenters. The highest BCUT2D eigenvalue weighted by molar-refractivity contribution is 5.81. The molecular weight excluding hydrogens is 280 g/mol. The third-order valence-corrected chi connectivity index (χ3v) is 3.70. The molecule has 1 aliphatic rings. The van der Waals surface area contributed by atoms with Crippen molar-refractivity contribution in [1.29, 1.82) is 0 Å². The van der Waals surface area contributed by atoms with Gasteiger partial charge in [-0.1, -0.05) is 6.07 Å². The lowest BCUT2D eigenvalue weighted by atomic mass is 10.1. The molecule has 1 aliphatic heterocycles. The molecule has 1 saturated heterocycles. The van der Waals surface area contributed by atoms with Crippen LogP contribution in [0, 0.1) is 0 Å². The largest absolute Gasteiger partial charge is 0.490 e. The third-order valence-electron chi connectivity index (χ3n) is 3.70. The molecular formula is C17H26N2O3. The number of ether oxygens (including phenoxy) is 2. The zero-order chi connectivity index (χ0) is 15.8. The van der Waals surface area contributed by atoms with Crippen LogP contribution in [0.4, 0.5) is 0 Å². The normalized spacial score (nSPS) is 17.3. The van der Waals surface area contributed by atoms with E-state index in [1.165, 1.54) is 0 Å². The van der Waals surface area contributed by atoms with Crippen LogP contribution in [0.5, 0.6) is 11.5 Å². The Morgan fingerprint density at radius 2 is 2.05 bits per heavy atom. The topological polar surface area (TPSA) is 59.6 Å². The first kappa shape index (κ1) is 16.6. The predicted octanol–water partition coefficient (Wildman–Crippen LogP) is 1.89. The summed E-state index contributed by atoms with van der Waals surface area (Å²) < 4.78 is 11.2. The summed E-state index contributed by atoms with van der Waals surface area (Å²) in [6, 6.07) is 5.94.